The molecular formula is C21H21N5O6. The maximum Gasteiger partial charge on any atom is 0.323 e. The number of likely N-dealkylation sites (N-methyl/N-ethyl adjacent to an activating group) is 1. The molecule has 1 aromatic heterocycles. The molecule has 11 nitrogen and oxygen atoms in total. The van der Waals surface area contributed by atoms with Gasteiger partial charge in [0.2, 0.25) is 5.88 Å². The molecule has 11 heteroatoms. The molecule has 0 saturated heterocycles. The van der Waals surface area contributed by atoms with Gasteiger partial charge < -0.3 is 20.1 Å². The van der Waals surface area contributed by atoms with Crippen LogP contribution >= 0.6 is 0 Å². The molecule has 0 bridgehead atoms. The lowest BCUT2D eigenvalue weighted by Gasteiger charge is -2.33. The number of carboxylic acid groups (broad SMARTS) is 1. The molecule has 0 fully saturated rings. The number of aromatic nitrogens is 2. The molecule has 1 aliphatic heterocycles. The number of carbonyl (C=O) groups is 4. The summed E-state index contributed by atoms with van der Waals surface area (Å²) in [5, 5.41) is 19.3. The molecule has 3 rings (SSSR count). The number of carboxylic acids is 1. The van der Waals surface area contributed by atoms with E-state index in [1.165, 1.54) is 31.3 Å². The van der Waals surface area contributed by atoms with Crippen molar-refractivity contribution in [2.45, 2.75) is 12.5 Å². The van der Waals surface area contributed by atoms with Gasteiger partial charge in [0.05, 0.1) is 19.2 Å². The van der Waals surface area contributed by atoms with Crippen molar-refractivity contribution in [1.29, 1.82) is 0 Å². The molecule has 1 aliphatic rings. The maximum atomic E-state index is 13.0. The summed E-state index contributed by atoms with van der Waals surface area (Å²) in [6.45, 7) is -0.172. The number of amides is 3. The third-order valence-corrected chi connectivity index (χ3v) is 4.67. The van der Waals surface area contributed by atoms with Crippen molar-refractivity contribution < 1.29 is 29.0 Å². The number of nitrogens with zero attached hydrogens (tertiary/aromatic N) is 4. The van der Waals surface area contributed by atoms with E-state index in [1.54, 1.807) is 36.4 Å². The van der Waals surface area contributed by atoms with E-state index in [9.17, 15) is 19.2 Å². The minimum absolute atomic E-state index is 0.172. The highest BCUT2D eigenvalue weighted by Crippen LogP contribution is 2.27. The van der Waals surface area contributed by atoms with Crippen LogP contribution in [0.5, 0.6) is 5.88 Å². The van der Waals surface area contributed by atoms with Crippen LogP contribution in [0.1, 0.15) is 6.42 Å². The Morgan fingerprint density at radius 1 is 1.22 bits per heavy atom. The highest BCUT2D eigenvalue weighted by atomic mass is 16.5. The number of benzene rings is 1. The largest absolute Gasteiger partial charge is 0.481 e. The summed E-state index contributed by atoms with van der Waals surface area (Å²) in [5.41, 5.74) is 1.32. The average Bonchev–Trinajstić information content (AvgIpc) is 2.79. The molecule has 2 aromatic rings. The van der Waals surface area contributed by atoms with Crippen LogP contribution < -0.4 is 15.0 Å². The van der Waals surface area contributed by atoms with Gasteiger partial charge in [0.1, 0.15) is 0 Å². The molecule has 3 amide bonds. The summed E-state index contributed by atoms with van der Waals surface area (Å²) in [4.78, 5) is 51.4. The van der Waals surface area contributed by atoms with Crippen molar-refractivity contribution in [2.75, 3.05) is 25.6 Å². The molecule has 0 radical (unpaired) electrons. The van der Waals surface area contributed by atoms with E-state index >= 15 is 0 Å². The third-order valence-electron chi connectivity index (χ3n) is 4.67. The fourth-order valence-corrected chi connectivity index (χ4v) is 3.05. The van der Waals surface area contributed by atoms with E-state index in [4.69, 9.17) is 9.84 Å². The van der Waals surface area contributed by atoms with Crippen molar-refractivity contribution >= 4 is 29.4 Å². The minimum atomic E-state index is -1.44. The number of nitrogens with one attached hydrogen (secondary N) is 1. The second-order valence-electron chi connectivity index (χ2n) is 6.83. The van der Waals surface area contributed by atoms with Crippen molar-refractivity contribution in [1.82, 2.24) is 20.4 Å². The number of anilines is 1. The van der Waals surface area contributed by atoms with Crippen LogP contribution in [0.2, 0.25) is 0 Å². The van der Waals surface area contributed by atoms with Gasteiger partial charge in [0.15, 0.2) is 11.8 Å². The molecule has 0 spiro atoms. The van der Waals surface area contributed by atoms with Crippen molar-refractivity contribution in [3.63, 3.8) is 0 Å². The third kappa shape index (κ3) is 4.89. The van der Waals surface area contributed by atoms with Crippen LogP contribution in [0.4, 0.5) is 10.5 Å². The van der Waals surface area contributed by atoms with E-state index in [-0.39, 0.29) is 18.7 Å². The fourth-order valence-electron chi connectivity index (χ4n) is 3.05. The van der Waals surface area contributed by atoms with Crippen LogP contribution in [0.25, 0.3) is 11.3 Å². The standard InChI is InChI=1S/C21H21N5O6/c1-25-11-9-16(27)19(20(25)30)26(21(31)22-10-8-18(28)29)14-5-3-4-13(12-14)15-6-7-17(32-2)24-23-15/h3-7,9,11-12,19H,8,10H2,1-2H3,(H,22,31)(H,28,29)/t19-/m0/s1. The molecule has 2 heterocycles. The van der Waals surface area contributed by atoms with E-state index in [0.29, 0.717) is 17.1 Å². The lowest BCUT2D eigenvalue weighted by atomic mass is 10.0. The molecule has 1 atom stereocenters. The molecule has 0 saturated carbocycles. The van der Waals surface area contributed by atoms with Crippen LogP contribution in [-0.4, -0.2) is 70.6 Å². The Bertz CT molecular complexity index is 1070. The van der Waals surface area contributed by atoms with Gasteiger partial charge >= 0.3 is 12.0 Å². The van der Waals surface area contributed by atoms with Gasteiger partial charge in [0, 0.05) is 43.2 Å². The highest BCUT2D eigenvalue weighted by Gasteiger charge is 2.39. The minimum Gasteiger partial charge on any atom is -0.481 e. The number of rotatable bonds is 7. The van der Waals surface area contributed by atoms with Crippen molar-refractivity contribution in [2.24, 2.45) is 0 Å². The first-order valence-electron chi connectivity index (χ1n) is 9.57. The number of methoxy groups -OCH3 is 1. The predicted octanol–water partition coefficient (Wildman–Crippen LogP) is 1.07. The first-order valence-corrected chi connectivity index (χ1v) is 9.57. The van der Waals surface area contributed by atoms with Crippen LogP contribution in [0, 0.1) is 0 Å². The van der Waals surface area contributed by atoms with Crippen LogP contribution in [0.15, 0.2) is 48.7 Å². The summed E-state index contributed by atoms with van der Waals surface area (Å²) < 4.78 is 5.00. The topological polar surface area (TPSA) is 142 Å². The fraction of sp³-hybridized carbons (Fsp3) is 0.238. The van der Waals surface area contributed by atoms with Gasteiger partial charge in [-0.1, -0.05) is 12.1 Å². The Morgan fingerprint density at radius 3 is 2.66 bits per heavy atom. The predicted molar refractivity (Wildman–Crippen MR) is 113 cm³/mol. The van der Waals surface area contributed by atoms with Crippen LogP contribution in [-0.2, 0) is 14.4 Å². The average molecular weight is 439 g/mol. The summed E-state index contributed by atoms with van der Waals surface area (Å²) >= 11 is 0. The zero-order valence-corrected chi connectivity index (χ0v) is 17.4. The monoisotopic (exact) mass is 439 g/mol. The molecule has 1 aromatic carbocycles. The maximum absolute atomic E-state index is 13.0. The SMILES string of the molecule is COc1ccc(-c2cccc(N(C(=O)NCCC(=O)O)[C@H]3C(=O)C=CN(C)C3=O)c2)nn1. The summed E-state index contributed by atoms with van der Waals surface area (Å²) in [5.74, 6) is -1.93. The smallest absolute Gasteiger partial charge is 0.323 e. The molecule has 0 unspecified atom stereocenters. The van der Waals surface area contributed by atoms with Gasteiger partial charge in [-0.25, -0.2) is 4.79 Å². The quantitative estimate of drug-likeness (QED) is 0.610. The Kier molecular flexibility index (Phi) is 6.78. The van der Waals surface area contributed by atoms with Gasteiger partial charge in [-0.05, 0) is 18.2 Å². The van der Waals surface area contributed by atoms with E-state index < -0.39 is 29.7 Å². The van der Waals surface area contributed by atoms with Gasteiger partial charge in [-0.15, -0.1) is 10.2 Å². The number of hydrogen-bond donors (Lipinski definition) is 2. The summed E-state index contributed by atoms with van der Waals surface area (Å²) in [6, 6.07) is 7.62. The van der Waals surface area contributed by atoms with Gasteiger partial charge in [-0.2, -0.15) is 0 Å². The number of carbonyl (C=O) groups excluding carboxylic acids is 3. The van der Waals surface area contributed by atoms with Gasteiger partial charge in [-0.3, -0.25) is 19.3 Å². The molecule has 166 valence electrons. The zero-order valence-electron chi connectivity index (χ0n) is 17.4. The number of ether oxygens (including phenoxy) is 1. The molecule has 2 N–H and O–H groups in total. The Labute approximate surface area is 183 Å². The van der Waals surface area contributed by atoms with Crippen molar-refractivity contribution in [3.05, 3.63) is 48.7 Å². The van der Waals surface area contributed by atoms with E-state index in [1.807, 2.05) is 0 Å². The Morgan fingerprint density at radius 2 is 2.00 bits per heavy atom. The summed E-state index contributed by atoms with van der Waals surface area (Å²) in [6.07, 6.45) is 2.22. The van der Waals surface area contributed by atoms with E-state index in [2.05, 4.69) is 15.5 Å². The Balaban J connectivity index is 2.00. The number of urea groups is 1. The molecular weight excluding hydrogens is 418 g/mol. The number of aliphatic carboxylic acids is 1. The second-order valence-corrected chi connectivity index (χ2v) is 6.83. The first kappa shape index (κ1) is 22.4. The van der Waals surface area contributed by atoms with Crippen molar-refractivity contribution in [3.8, 4) is 17.1 Å². The molecule has 32 heavy (non-hydrogen) atoms. The number of hydrogen-bond acceptors (Lipinski definition) is 7. The summed E-state index contributed by atoms with van der Waals surface area (Å²) in [7, 11) is 2.94. The highest BCUT2D eigenvalue weighted by molar-refractivity contribution is 6.19. The lowest BCUT2D eigenvalue weighted by molar-refractivity contribution is -0.137. The zero-order chi connectivity index (χ0) is 23.3. The Hall–Kier alpha value is -4.28. The van der Waals surface area contributed by atoms with E-state index in [0.717, 1.165) is 4.90 Å². The lowest BCUT2D eigenvalue weighted by Crippen LogP contribution is -2.57. The first-order chi connectivity index (χ1) is 15.3. The number of ketones is 1. The van der Waals surface area contributed by atoms with Gasteiger partial charge in [0.25, 0.3) is 5.91 Å². The van der Waals surface area contributed by atoms with Crippen LogP contribution in [0.3, 0.4) is 0 Å². The normalized spacial score (nSPS) is 15.4. The molecule has 0 aliphatic carbocycles. The second kappa shape index (κ2) is 9.69.